The van der Waals surface area contributed by atoms with Crippen LogP contribution >= 0.6 is 0 Å². The van der Waals surface area contributed by atoms with Gasteiger partial charge in [0.15, 0.2) is 0 Å². The van der Waals surface area contributed by atoms with Gasteiger partial charge in [-0.1, -0.05) is 30.3 Å². The van der Waals surface area contributed by atoms with Crippen molar-refractivity contribution in [2.24, 2.45) is 0 Å². The van der Waals surface area contributed by atoms with Crippen molar-refractivity contribution in [3.63, 3.8) is 0 Å². The minimum absolute atomic E-state index is 0.306. The molecule has 2 atom stereocenters. The molecule has 0 aliphatic heterocycles. The molecule has 2 unspecified atom stereocenters. The molecule has 3 rings (SSSR count). The minimum Gasteiger partial charge on any atom is -0.371 e. The molecule has 4 nitrogen and oxygen atoms in total. The van der Waals surface area contributed by atoms with Gasteiger partial charge in [0.1, 0.15) is 6.10 Å². The van der Waals surface area contributed by atoms with Crippen molar-refractivity contribution in [2.45, 2.75) is 42.7 Å². The first kappa shape index (κ1) is 18.9. The molecule has 2 aromatic rings. The number of rotatable bonds is 6. The van der Waals surface area contributed by atoms with Crippen molar-refractivity contribution >= 4 is 10.1 Å². The average Bonchev–Trinajstić information content (AvgIpc) is 2.59. The van der Waals surface area contributed by atoms with Crippen molar-refractivity contribution in [1.29, 1.82) is 0 Å². The first-order valence-corrected chi connectivity index (χ1v) is 9.42. The van der Waals surface area contributed by atoms with Crippen LogP contribution < -0.4 is 0 Å². The molecular weight excluding hydrogens is 369 g/mol. The Morgan fingerprint density at radius 2 is 1.54 bits per heavy atom. The third kappa shape index (κ3) is 4.44. The van der Waals surface area contributed by atoms with Crippen LogP contribution in [0, 0.1) is 0 Å². The summed E-state index contributed by atoms with van der Waals surface area (Å²) in [6, 6.07) is 12.7. The van der Waals surface area contributed by atoms with Crippen molar-refractivity contribution in [1.82, 2.24) is 0 Å². The normalized spacial score (nSPS) is 20.6. The van der Waals surface area contributed by atoms with Gasteiger partial charge in [0, 0.05) is 0 Å². The van der Waals surface area contributed by atoms with Crippen LogP contribution in [0.1, 0.15) is 24.0 Å². The second-order valence-corrected chi connectivity index (χ2v) is 7.60. The highest BCUT2D eigenvalue weighted by Crippen LogP contribution is 2.32. The number of alkyl halides is 3. The molecule has 0 amide bonds. The Hall–Kier alpha value is -1.90. The summed E-state index contributed by atoms with van der Waals surface area (Å²) in [5.41, 5.74) is 0.0490. The largest absolute Gasteiger partial charge is 0.416 e. The Kier molecular flexibility index (Phi) is 5.36. The van der Waals surface area contributed by atoms with Gasteiger partial charge in [0.05, 0.1) is 23.2 Å². The van der Waals surface area contributed by atoms with E-state index in [9.17, 15) is 21.6 Å². The molecule has 0 N–H and O–H groups in total. The fourth-order valence-electron chi connectivity index (χ4n) is 2.55. The molecule has 0 aromatic heterocycles. The molecule has 1 aliphatic rings. The van der Waals surface area contributed by atoms with Crippen LogP contribution in [-0.2, 0) is 31.8 Å². The third-order valence-electron chi connectivity index (χ3n) is 4.18. The highest BCUT2D eigenvalue weighted by molar-refractivity contribution is 7.86. The molecule has 0 saturated heterocycles. The van der Waals surface area contributed by atoms with Gasteiger partial charge in [-0.2, -0.15) is 21.6 Å². The lowest BCUT2D eigenvalue weighted by Crippen LogP contribution is -2.42. The number of benzene rings is 2. The van der Waals surface area contributed by atoms with Crippen LogP contribution in [0.3, 0.4) is 0 Å². The van der Waals surface area contributed by atoms with Gasteiger partial charge < -0.3 is 4.74 Å². The lowest BCUT2D eigenvalue weighted by molar-refractivity contribution is -0.137. The topological polar surface area (TPSA) is 52.6 Å². The van der Waals surface area contributed by atoms with Gasteiger partial charge in [-0.15, -0.1) is 0 Å². The van der Waals surface area contributed by atoms with E-state index in [1.54, 1.807) is 0 Å². The highest BCUT2D eigenvalue weighted by atomic mass is 32.2. The number of ether oxygens (including phenoxy) is 1. The maximum atomic E-state index is 12.6. The summed E-state index contributed by atoms with van der Waals surface area (Å²) < 4.78 is 73.1. The van der Waals surface area contributed by atoms with Crippen molar-refractivity contribution < 1.29 is 30.5 Å². The quantitative estimate of drug-likeness (QED) is 0.700. The predicted molar refractivity (Wildman–Crippen MR) is 87.8 cm³/mol. The lowest BCUT2D eigenvalue weighted by atomic mass is 9.92. The molecule has 0 spiro atoms. The zero-order chi connectivity index (χ0) is 18.8. The first-order chi connectivity index (χ1) is 12.3. The molecule has 1 aliphatic carbocycles. The summed E-state index contributed by atoms with van der Waals surface area (Å²) in [5, 5.41) is 0. The maximum Gasteiger partial charge on any atom is 0.416 e. The Morgan fingerprint density at radius 1 is 0.923 bits per heavy atom. The van der Waals surface area contributed by atoms with Crippen molar-refractivity contribution in [3.05, 3.63) is 65.7 Å². The molecule has 2 aromatic carbocycles. The minimum atomic E-state index is -4.52. The summed E-state index contributed by atoms with van der Waals surface area (Å²) in [6.07, 6.45) is -4.34. The van der Waals surface area contributed by atoms with E-state index in [4.69, 9.17) is 8.92 Å². The van der Waals surface area contributed by atoms with E-state index in [0.29, 0.717) is 19.4 Å². The highest BCUT2D eigenvalue weighted by Gasteiger charge is 2.37. The van der Waals surface area contributed by atoms with Crippen LogP contribution in [0.2, 0.25) is 0 Å². The summed E-state index contributed by atoms with van der Waals surface area (Å²) in [4.78, 5) is -0.306. The second-order valence-electron chi connectivity index (χ2n) is 6.02. The number of hydrogen-bond donors (Lipinski definition) is 0. The predicted octanol–water partition coefficient (Wildman–Crippen LogP) is 4.16. The summed E-state index contributed by atoms with van der Waals surface area (Å²) in [6.45, 7) is 0.339. The van der Waals surface area contributed by atoms with Crippen molar-refractivity contribution in [3.8, 4) is 0 Å². The molecule has 0 bridgehead atoms. The average molecular weight is 386 g/mol. The van der Waals surface area contributed by atoms with E-state index >= 15 is 0 Å². The lowest BCUT2D eigenvalue weighted by Gasteiger charge is -2.35. The molecule has 0 heterocycles. The monoisotopic (exact) mass is 386 g/mol. The van der Waals surface area contributed by atoms with E-state index in [1.807, 2.05) is 30.3 Å². The van der Waals surface area contributed by atoms with Gasteiger partial charge >= 0.3 is 6.18 Å². The van der Waals surface area contributed by atoms with E-state index in [1.165, 1.54) is 0 Å². The third-order valence-corrected chi connectivity index (χ3v) is 5.53. The van der Waals surface area contributed by atoms with Crippen molar-refractivity contribution in [2.75, 3.05) is 0 Å². The maximum absolute atomic E-state index is 12.6. The molecule has 8 heteroatoms. The van der Waals surface area contributed by atoms with Crippen LogP contribution in [0.25, 0.3) is 0 Å². The number of halogens is 3. The Bertz CT molecular complexity index is 833. The van der Waals surface area contributed by atoms with Gasteiger partial charge in [-0.25, -0.2) is 0 Å². The summed E-state index contributed by atoms with van der Waals surface area (Å²) in [5.74, 6) is 0. The zero-order valence-electron chi connectivity index (χ0n) is 13.6. The Morgan fingerprint density at radius 3 is 2.08 bits per heavy atom. The standard InChI is InChI=1S/C18H17F3O4S/c19-18(20,21)14-6-8-15(9-7-14)26(22,23)25-17-11-10-16(17)24-12-13-4-2-1-3-5-13/h1-9,16-17H,10-12H2. The van der Waals surface area contributed by atoms with Gasteiger partial charge in [-0.05, 0) is 42.7 Å². The van der Waals surface area contributed by atoms with Crippen LogP contribution in [0.15, 0.2) is 59.5 Å². The molecule has 140 valence electrons. The smallest absolute Gasteiger partial charge is 0.371 e. The summed E-state index contributed by atoms with van der Waals surface area (Å²) >= 11 is 0. The number of hydrogen-bond acceptors (Lipinski definition) is 4. The molecule has 1 fully saturated rings. The SMILES string of the molecule is O=S(=O)(OC1CCC1OCc1ccccc1)c1ccc(C(F)(F)F)cc1. The van der Waals surface area contributed by atoms with Crippen LogP contribution in [0.5, 0.6) is 0 Å². The summed E-state index contributed by atoms with van der Waals surface area (Å²) in [7, 11) is -4.15. The second kappa shape index (κ2) is 7.38. The Labute approximate surface area is 149 Å². The molecular formula is C18H17F3O4S. The molecule has 0 radical (unpaired) electrons. The molecule has 26 heavy (non-hydrogen) atoms. The van der Waals surface area contributed by atoms with Crippen LogP contribution in [-0.4, -0.2) is 20.6 Å². The van der Waals surface area contributed by atoms with E-state index in [-0.39, 0.29) is 11.0 Å². The fraction of sp³-hybridized carbons (Fsp3) is 0.333. The van der Waals surface area contributed by atoms with Crippen LogP contribution in [0.4, 0.5) is 13.2 Å². The molecule has 1 saturated carbocycles. The first-order valence-electron chi connectivity index (χ1n) is 8.02. The van der Waals surface area contributed by atoms with Gasteiger partial charge in [-0.3, -0.25) is 4.18 Å². The van der Waals surface area contributed by atoms with E-state index in [2.05, 4.69) is 0 Å². The zero-order valence-corrected chi connectivity index (χ0v) is 14.5. The van der Waals surface area contributed by atoms with Gasteiger partial charge in [0.25, 0.3) is 10.1 Å². The fourth-order valence-corrected chi connectivity index (χ4v) is 3.67. The van der Waals surface area contributed by atoms with Gasteiger partial charge in [0.2, 0.25) is 0 Å². The van der Waals surface area contributed by atoms with E-state index in [0.717, 1.165) is 29.8 Å². The van der Waals surface area contributed by atoms with E-state index < -0.39 is 28.0 Å². The Balaban J connectivity index is 1.60.